The number of aromatic nitrogens is 1. The van der Waals surface area contributed by atoms with Crippen molar-refractivity contribution < 1.29 is 4.39 Å². The highest BCUT2D eigenvalue weighted by molar-refractivity contribution is 7.07. The molecule has 0 saturated heterocycles. The molecule has 2 rings (SSSR count). The van der Waals surface area contributed by atoms with Crippen molar-refractivity contribution in [3.8, 4) is 0 Å². The van der Waals surface area contributed by atoms with Crippen molar-refractivity contribution in [2.24, 2.45) is 0 Å². The number of anilines is 1. The zero-order valence-electron chi connectivity index (χ0n) is 8.98. The molecule has 0 fully saturated rings. The van der Waals surface area contributed by atoms with Gasteiger partial charge in [0.15, 0.2) is 0 Å². The molecule has 2 aromatic rings. The molecule has 0 bridgehead atoms. The topological polar surface area (TPSA) is 24.9 Å². The Hall–Kier alpha value is -1.42. The van der Waals surface area contributed by atoms with Crippen molar-refractivity contribution >= 4 is 17.0 Å². The Balaban J connectivity index is 1.92. The Morgan fingerprint density at radius 2 is 2.31 bits per heavy atom. The second kappa shape index (κ2) is 5.07. The predicted molar refractivity (Wildman–Crippen MR) is 65.3 cm³/mol. The van der Waals surface area contributed by atoms with E-state index in [0.29, 0.717) is 6.04 Å². The molecule has 84 valence electrons. The summed E-state index contributed by atoms with van der Waals surface area (Å²) in [5, 5.41) is 7.49. The molecule has 4 heteroatoms. The molecule has 0 aliphatic heterocycles. The maximum Gasteiger partial charge on any atom is 0.212 e. The van der Waals surface area contributed by atoms with Gasteiger partial charge in [0.25, 0.3) is 0 Å². The highest BCUT2D eigenvalue weighted by Gasteiger charge is 2.04. The van der Waals surface area contributed by atoms with Crippen molar-refractivity contribution in [1.82, 2.24) is 4.98 Å². The third-order valence-corrected chi connectivity index (χ3v) is 2.99. The van der Waals surface area contributed by atoms with Crippen LogP contribution in [0.3, 0.4) is 0 Å². The summed E-state index contributed by atoms with van der Waals surface area (Å²) < 4.78 is 12.6. The van der Waals surface area contributed by atoms with Gasteiger partial charge in [0.2, 0.25) is 5.95 Å². The number of hydrogen-bond acceptors (Lipinski definition) is 3. The average Bonchev–Trinajstić information content (AvgIpc) is 2.74. The number of rotatable bonds is 4. The predicted octanol–water partition coefficient (Wildman–Crippen LogP) is 3.33. The highest BCUT2D eigenvalue weighted by atomic mass is 32.1. The first-order chi connectivity index (χ1) is 7.74. The smallest absolute Gasteiger partial charge is 0.212 e. The molecular formula is C12H13FN2S. The summed E-state index contributed by atoms with van der Waals surface area (Å²) in [6, 6.07) is 5.49. The summed E-state index contributed by atoms with van der Waals surface area (Å²) in [5.41, 5.74) is 2.17. The van der Waals surface area contributed by atoms with E-state index in [1.807, 2.05) is 0 Å². The van der Waals surface area contributed by atoms with Crippen LogP contribution in [0.2, 0.25) is 0 Å². The molecule has 2 nitrogen and oxygen atoms in total. The molecule has 0 spiro atoms. The van der Waals surface area contributed by atoms with E-state index in [4.69, 9.17) is 0 Å². The Morgan fingerprint density at radius 3 is 2.94 bits per heavy atom. The first kappa shape index (κ1) is 11.1. The summed E-state index contributed by atoms with van der Waals surface area (Å²) >= 11 is 1.70. The highest BCUT2D eigenvalue weighted by Crippen LogP contribution is 2.12. The number of thiophene rings is 1. The van der Waals surface area contributed by atoms with Gasteiger partial charge in [-0.05, 0) is 47.9 Å². The molecule has 1 N–H and O–H groups in total. The van der Waals surface area contributed by atoms with Gasteiger partial charge in [0, 0.05) is 6.04 Å². The molecule has 0 radical (unpaired) electrons. The average molecular weight is 236 g/mol. The molecule has 0 amide bonds. The quantitative estimate of drug-likeness (QED) is 0.824. The number of nitrogens with zero attached hydrogens (tertiary/aromatic N) is 1. The lowest BCUT2D eigenvalue weighted by Crippen LogP contribution is -2.17. The van der Waals surface area contributed by atoms with E-state index < -0.39 is 5.95 Å². The lowest BCUT2D eigenvalue weighted by atomic mass is 10.1. The van der Waals surface area contributed by atoms with Crippen LogP contribution in [0.5, 0.6) is 0 Å². The van der Waals surface area contributed by atoms with Crippen molar-refractivity contribution in [2.75, 3.05) is 5.32 Å². The van der Waals surface area contributed by atoms with E-state index in [-0.39, 0.29) is 0 Å². The zero-order valence-corrected chi connectivity index (χ0v) is 9.80. The first-order valence-corrected chi connectivity index (χ1v) is 6.07. The van der Waals surface area contributed by atoms with E-state index in [0.717, 1.165) is 12.1 Å². The van der Waals surface area contributed by atoms with Gasteiger partial charge in [-0.2, -0.15) is 15.7 Å². The van der Waals surface area contributed by atoms with E-state index >= 15 is 0 Å². The number of halogens is 1. The molecule has 16 heavy (non-hydrogen) atoms. The first-order valence-electron chi connectivity index (χ1n) is 5.13. The fourth-order valence-corrected chi connectivity index (χ4v) is 2.24. The van der Waals surface area contributed by atoms with Crippen LogP contribution >= 0.6 is 11.3 Å². The Bertz CT molecular complexity index is 425. The minimum Gasteiger partial charge on any atom is -0.381 e. The molecule has 0 aliphatic rings. The maximum atomic E-state index is 12.6. The van der Waals surface area contributed by atoms with E-state index in [9.17, 15) is 4.39 Å². The molecule has 0 saturated carbocycles. The second-order valence-corrected chi connectivity index (χ2v) is 4.53. The second-order valence-electron chi connectivity index (χ2n) is 3.75. The van der Waals surface area contributed by atoms with E-state index in [2.05, 4.69) is 34.1 Å². The van der Waals surface area contributed by atoms with Crippen molar-refractivity contribution in [1.29, 1.82) is 0 Å². The van der Waals surface area contributed by atoms with Gasteiger partial charge in [0.1, 0.15) is 0 Å². The van der Waals surface area contributed by atoms with Gasteiger partial charge in [0.05, 0.1) is 11.9 Å². The monoisotopic (exact) mass is 236 g/mol. The number of pyridine rings is 1. The maximum absolute atomic E-state index is 12.6. The Labute approximate surface area is 98.2 Å². The normalized spacial score (nSPS) is 12.4. The number of hydrogen-bond donors (Lipinski definition) is 1. The van der Waals surface area contributed by atoms with Crippen LogP contribution in [0.15, 0.2) is 35.2 Å². The van der Waals surface area contributed by atoms with Gasteiger partial charge in [-0.1, -0.05) is 0 Å². The van der Waals surface area contributed by atoms with Crippen molar-refractivity contribution in [3.05, 3.63) is 46.7 Å². The van der Waals surface area contributed by atoms with Gasteiger partial charge < -0.3 is 5.32 Å². The van der Waals surface area contributed by atoms with Crippen LogP contribution in [0.25, 0.3) is 0 Å². The van der Waals surface area contributed by atoms with Crippen LogP contribution in [0.1, 0.15) is 12.5 Å². The molecular weight excluding hydrogens is 223 g/mol. The third kappa shape index (κ3) is 3.03. The van der Waals surface area contributed by atoms with Crippen molar-refractivity contribution in [2.45, 2.75) is 19.4 Å². The van der Waals surface area contributed by atoms with Gasteiger partial charge in [-0.3, -0.25) is 0 Å². The van der Waals surface area contributed by atoms with Crippen molar-refractivity contribution in [3.63, 3.8) is 0 Å². The fourth-order valence-electron chi connectivity index (χ4n) is 1.56. The molecule has 2 heterocycles. The van der Waals surface area contributed by atoms with Gasteiger partial charge in [-0.25, -0.2) is 4.98 Å². The minimum atomic E-state index is -0.448. The Morgan fingerprint density at radius 1 is 1.44 bits per heavy atom. The minimum absolute atomic E-state index is 0.307. The van der Waals surface area contributed by atoms with Crippen LogP contribution in [0.4, 0.5) is 10.1 Å². The lowest BCUT2D eigenvalue weighted by molar-refractivity contribution is 0.584. The third-order valence-electron chi connectivity index (χ3n) is 2.26. The van der Waals surface area contributed by atoms with Crippen LogP contribution < -0.4 is 5.32 Å². The van der Waals surface area contributed by atoms with Crippen LogP contribution in [0, 0.1) is 5.95 Å². The molecule has 1 atom stereocenters. The van der Waals surface area contributed by atoms with E-state index in [1.165, 1.54) is 17.8 Å². The SMILES string of the molecule is CC(Cc1ccsc1)Nc1ccc(F)nc1. The van der Waals surface area contributed by atoms with Gasteiger partial charge >= 0.3 is 0 Å². The molecule has 1 unspecified atom stereocenters. The summed E-state index contributed by atoms with van der Waals surface area (Å²) in [6.07, 6.45) is 2.47. The summed E-state index contributed by atoms with van der Waals surface area (Å²) in [7, 11) is 0. The van der Waals surface area contributed by atoms with Crippen LogP contribution in [-0.2, 0) is 6.42 Å². The lowest BCUT2D eigenvalue weighted by Gasteiger charge is -2.13. The molecule has 0 aromatic carbocycles. The van der Waals surface area contributed by atoms with Gasteiger partial charge in [-0.15, -0.1) is 0 Å². The van der Waals surface area contributed by atoms with Crippen LogP contribution in [-0.4, -0.2) is 11.0 Å². The summed E-state index contributed by atoms with van der Waals surface area (Å²) in [4.78, 5) is 3.60. The summed E-state index contributed by atoms with van der Waals surface area (Å²) in [5.74, 6) is -0.448. The Kier molecular flexibility index (Phi) is 3.51. The zero-order chi connectivity index (χ0) is 11.4. The number of nitrogens with one attached hydrogen (secondary N) is 1. The summed E-state index contributed by atoms with van der Waals surface area (Å²) in [6.45, 7) is 2.10. The fraction of sp³-hybridized carbons (Fsp3) is 0.250. The standard InChI is InChI=1S/C12H13FN2S/c1-9(6-10-4-5-16-8-10)15-11-2-3-12(13)14-7-11/h2-5,7-9,15H,6H2,1H3. The largest absolute Gasteiger partial charge is 0.381 e. The molecule has 0 aliphatic carbocycles. The van der Waals surface area contributed by atoms with E-state index in [1.54, 1.807) is 17.4 Å². The molecule has 2 aromatic heterocycles.